The molecule has 1 saturated heterocycles. The number of hydrogen-bond donors (Lipinski definition) is 1. The molecule has 1 aliphatic carbocycles. The summed E-state index contributed by atoms with van der Waals surface area (Å²) in [5.41, 5.74) is -0.543. The Kier molecular flexibility index (Phi) is 7.50. The first-order chi connectivity index (χ1) is 14.1. The van der Waals surface area contributed by atoms with E-state index in [9.17, 15) is 4.79 Å². The van der Waals surface area contributed by atoms with E-state index in [4.69, 9.17) is 11.6 Å². The normalized spacial score (nSPS) is 21.9. The van der Waals surface area contributed by atoms with Gasteiger partial charge in [-0.3, -0.25) is 4.79 Å². The molecule has 1 saturated carbocycles. The van der Waals surface area contributed by atoms with E-state index in [1.54, 1.807) is 0 Å². The fourth-order valence-electron chi connectivity index (χ4n) is 4.83. The van der Waals surface area contributed by atoms with Crippen LogP contribution < -0.4 is 5.32 Å². The minimum Gasteiger partial charge on any atom is -0.352 e. The van der Waals surface area contributed by atoms with Crippen LogP contribution >= 0.6 is 11.6 Å². The number of nitrogens with zero attached hydrogens (tertiary/aromatic N) is 1. The molecule has 1 heterocycles. The maximum atomic E-state index is 15.5. The molecular weight excluding hydrogens is 399 g/mol. The zero-order valence-electron chi connectivity index (χ0n) is 18.9. The van der Waals surface area contributed by atoms with Crippen LogP contribution in [0.3, 0.4) is 0 Å². The summed E-state index contributed by atoms with van der Waals surface area (Å²) in [4.78, 5) is 15.7. The summed E-state index contributed by atoms with van der Waals surface area (Å²) in [6.07, 6.45) is 6.95. The van der Waals surface area contributed by atoms with E-state index in [-0.39, 0.29) is 12.5 Å². The third kappa shape index (κ3) is 5.97. The van der Waals surface area contributed by atoms with Crippen molar-refractivity contribution in [2.45, 2.75) is 83.2 Å². The Hall–Kier alpha value is -1.13. The Morgan fingerprint density at radius 2 is 1.67 bits per heavy atom. The van der Waals surface area contributed by atoms with Gasteiger partial charge in [-0.2, -0.15) is 0 Å². The van der Waals surface area contributed by atoms with Crippen LogP contribution in [0.1, 0.15) is 77.7 Å². The molecule has 0 bridgehead atoms. The summed E-state index contributed by atoms with van der Waals surface area (Å²) >= 11 is 6.06. The topological polar surface area (TPSA) is 32.3 Å². The summed E-state index contributed by atoms with van der Waals surface area (Å²) < 4.78 is 15.5. The van der Waals surface area contributed by atoms with E-state index in [1.165, 1.54) is 0 Å². The molecule has 2 aliphatic rings. The Morgan fingerprint density at radius 3 is 2.23 bits per heavy atom. The molecule has 1 amide bonds. The summed E-state index contributed by atoms with van der Waals surface area (Å²) in [5.74, 6) is -0.0169. The first kappa shape index (κ1) is 23.5. The lowest BCUT2D eigenvalue weighted by atomic mass is 9.68. The Balaban J connectivity index is 1.58. The van der Waals surface area contributed by atoms with Crippen LogP contribution in [0.15, 0.2) is 24.3 Å². The highest BCUT2D eigenvalue weighted by atomic mass is 35.5. The predicted molar refractivity (Wildman–Crippen MR) is 123 cm³/mol. The molecule has 0 unspecified atom stereocenters. The van der Waals surface area contributed by atoms with Gasteiger partial charge in [0, 0.05) is 18.1 Å². The van der Waals surface area contributed by atoms with Gasteiger partial charge in [0.1, 0.15) is 5.67 Å². The van der Waals surface area contributed by atoms with Crippen molar-refractivity contribution in [3.8, 4) is 0 Å². The molecule has 3 rings (SSSR count). The third-order valence-corrected chi connectivity index (χ3v) is 7.29. The standard InChI is InChI=1S/C25H38ClFN2O/c1-23(2,3)13-16-29-17-14-24(27,15-18-29)19-28-22(30)25(11-5-4-6-12-25)20-7-9-21(26)10-8-20/h7-10H,4-6,11-19H2,1-3H3,(H,28,30). The molecule has 1 aromatic rings. The van der Waals surface area contributed by atoms with Crippen LogP contribution in [0, 0.1) is 5.41 Å². The minimum atomic E-state index is -1.30. The Labute approximate surface area is 186 Å². The van der Waals surface area contributed by atoms with Crippen LogP contribution in [-0.4, -0.2) is 42.7 Å². The van der Waals surface area contributed by atoms with Gasteiger partial charge in [-0.05, 0) is 61.8 Å². The number of carbonyl (C=O) groups is 1. The van der Waals surface area contributed by atoms with Crippen molar-refractivity contribution in [1.29, 1.82) is 0 Å². The average molecular weight is 437 g/mol. The van der Waals surface area contributed by atoms with Gasteiger partial charge in [0.2, 0.25) is 5.91 Å². The lowest BCUT2D eigenvalue weighted by Gasteiger charge is -2.40. The molecule has 0 radical (unpaired) electrons. The second-order valence-electron chi connectivity index (χ2n) is 10.6. The van der Waals surface area contributed by atoms with Gasteiger partial charge in [0.05, 0.1) is 12.0 Å². The van der Waals surface area contributed by atoms with Crippen molar-refractivity contribution in [1.82, 2.24) is 10.2 Å². The highest BCUT2D eigenvalue weighted by molar-refractivity contribution is 6.30. The Bertz CT molecular complexity index is 699. The quantitative estimate of drug-likeness (QED) is 0.602. The molecule has 3 nitrogen and oxygen atoms in total. The van der Waals surface area contributed by atoms with Gasteiger partial charge in [-0.1, -0.05) is 63.8 Å². The summed E-state index contributed by atoms with van der Waals surface area (Å²) in [6, 6.07) is 7.63. The average Bonchev–Trinajstić information content (AvgIpc) is 2.72. The highest BCUT2D eigenvalue weighted by Gasteiger charge is 2.43. The molecule has 2 fully saturated rings. The molecule has 5 heteroatoms. The number of carbonyl (C=O) groups excluding carboxylic acids is 1. The van der Waals surface area contributed by atoms with Crippen LogP contribution in [-0.2, 0) is 10.2 Å². The van der Waals surface area contributed by atoms with Crippen molar-refractivity contribution in [2.24, 2.45) is 5.41 Å². The van der Waals surface area contributed by atoms with E-state index >= 15 is 4.39 Å². The molecule has 0 aromatic heterocycles. The highest BCUT2D eigenvalue weighted by Crippen LogP contribution is 2.40. The Morgan fingerprint density at radius 1 is 1.07 bits per heavy atom. The van der Waals surface area contributed by atoms with Crippen LogP contribution in [0.25, 0.3) is 0 Å². The van der Waals surface area contributed by atoms with Gasteiger partial charge in [-0.15, -0.1) is 0 Å². The maximum Gasteiger partial charge on any atom is 0.230 e. The van der Waals surface area contributed by atoms with Crippen molar-refractivity contribution >= 4 is 17.5 Å². The van der Waals surface area contributed by atoms with Crippen LogP contribution in [0.5, 0.6) is 0 Å². The fraction of sp³-hybridized carbons (Fsp3) is 0.720. The second-order valence-corrected chi connectivity index (χ2v) is 11.1. The molecule has 1 aromatic carbocycles. The van der Waals surface area contributed by atoms with E-state index < -0.39 is 11.1 Å². The predicted octanol–water partition coefficient (Wildman–Crippen LogP) is 5.90. The van der Waals surface area contributed by atoms with Crippen molar-refractivity contribution in [2.75, 3.05) is 26.2 Å². The number of nitrogens with one attached hydrogen (secondary N) is 1. The number of benzene rings is 1. The lowest BCUT2D eigenvalue weighted by Crippen LogP contribution is -2.52. The van der Waals surface area contributed by atoms with E-state index in [1.807, 2.05) is 24.3 Å². The number of hydrogen-bond acceptors (Lipinski definition) is 2. The number of halogens is 2. The van der Waals surface area contributed by atoms with E-state index in [2.05, 4.69) is 31.0 Å². The van der Waals surface area contributed by atoms with Gasteiger partial charge < -0.3 is 10.2 Å². The molecule has 168 valence electrons. The van der Waals surface area contributed by atoms with Crippen molar-refractivity contribution in [3.05, 3.63) is 34.9 Å². The largest absolute Gasteiger partial charge is 0.352 e. The molecular formula is C25H38ClFN2O. The van der Waals surface area contributed by atoms with Crippen LogP contribution in [0.2, 0.25) is 5.02 Å². The molecule has 1 N–H and O–H groups in total. The molecule has 30 heavy (non-hydrogen) atoms. The van der Waals surface area contributed by atoms with E-state index in [0.717, 1.165) is 63.7 Å². The number of alkyl halides is 1. The van der Waals surface area contributed by atoms with Gasteiger partial charge in [0.15, 0.2) is 0 Å². The number of piperidine rings is 1. The molecule has 0 spiro atoms. The van der Waals surface area contributed by atoms with Crippen molar-refractivity contribution < 1.29 is 9.18 Å². The fourth-order valence-corrected chi connectivity index (χ4v) is 4.95. The summed E-state index contributed by atoms with van der Waals surface area (Å²) in [7, 11) is 0. The first-order valence-electron chi connectivity index (χ1n) is 11.6. The monoisotopic (exact) mass is 436 g/mol. The number of likely N-dealkylation sites (tertiary alicyclic amines) is 1. The van der Waals surface area contributed by atoms with E-state index in [0.29, 0.717) is 23.3 Å². The van der Waals surface area contributed by atoms with Gasteiger partial charge in [0.25, 0.3) is 0 Å². The molecule has 0 atom stereocenters. The van der Waals surface area contributed by atoms with Crippen molar-refractivity contribution in [3.63, 3.8) is 0 Å². The van der Waals surface area contributed by atoms with Gasteiger partial charge in [-0.25, -0.2) is 4.39 Å². The SMILES string of the molecule is CC(C)(C)CCN1CCC(F)(CNC(=O)C2(c3ccc(Cl)cc3)CCCCC2)CC1. The first-order valence-corrected chi connectivity index (χ1v) is 12.0. The third-order valence-electron chi connectivity index (χ3n) is 7.03. The minimum absolute atomic E-state index is 0.0169. The zero-order valence-corrected chi connectivity index (χ0v) is 19.7. The number of amides is 1. The van der Waals surface area contributed by atoms with Crippen LogP contribution in [0.4, 0.5) is 4.39 Å². The zero-order chi connectivity index (χ0) is 21.8. The second kappa shape index (κ2) is 9.56. The molecule has 1 aliphatic heterocycles. The lowest BCUT2D eigenvalue weighted by molar-refractivity contribution is -0.129. The summed E-state index contributed by atoms with van der Waals surface area (Å²) in [6.45, 7) is 9.41. The maximum absolute atomic E-state index is 15.5. The number of rotatable bonds is 6. The summed E-state index contributed by atoms with van der Waals surface area (Å²) in [5, 5.41) is 3.69. The van der Waals surface area contributed by atoms with Gasteiger partial charge >= 0.3 is 0 Å². The smallest absolute Gasteiger partial charge is 0.230 e.